The zero-order valence-electron chi connectivity index (χ0n) is 8.94. The van der Waals surface area contributed by atoms with Crippen LogP contribution in [0.15, 0.2) is 30.3 Å². The molecule has 0 aliphatic rings. The molecule has 82 valence electrons. The first-order valence-corrected chi connectivity index (χ1v) is 5.01. The third-order valence-electron chi connectivity index (χ3n) is 1.97. The van der Waals surface area contributed by atoms with Crippen LogP contribution in [0.2, 0.25) is 0 Å². The van der Waals surface area contributed by atoms with Gasteiger partial charge in [0.05, 0.1) is 0 Å². The van der Waals surface area contributed by atoms with Crippen molar-refractivity contribution in [3.63, 3.8) is 0 Å². The Kier molecular flexibility index (Phi) is 5.48. The molecule has 3 nitrogen and oxygen atoms in total. The molecule has 1 aromatic rings. The highest BCUT2D eigenvalue weighted by Crippen LogP contribution is 2.02. The van der Waals surface area contributed by atoms with Gasteiger partial charge in [-0.1, -0.05) is 30.3 Å². The molecule has 0 fully saturated rings. The predicted molar refractivity (Wildman–Crippen MR) is 57.3 cm³/mol. The maximum Gasteiger partial charge on any atom is 0.306 e. The first kappa shape index (κ1) is 11.7. The van der Waals surface area contributed by atoms with E-state index in [1.807, 2.05) is 30.3 Å². The molecule has 0 spiro atoms. The lowest BCUT2D eigenvalue weighted by Crippen LogP contribution is -2.05. The summed E-state index contributed by atoms with van der Waals surface area (Å²) in [6, 6.07) is 9.65. The van der Waals surface area contributed by atoms with E-state index in [0.717, 1.165) is 5.56 Å². The summed E-state index contributed by atoms with van der Waals surface area (Å²) in [5, 5.41) is 0. The number of esters is 1. The Hall–Kier alpha value is -1.35. The SMILES string of the molecule is COCCCC(=O)OCc1ccccc1. The average molecular weight is 208 g/mol. The number of methoxy groups -OCH3 is 1. The van der Waals surface area contributed by atoms with Crippen LogP contribution < -0.4 is 0 Å². The number of hydrogen-bond donors (Lipinski definition) is 0. The minimum Gasteiger partial charge on any atom is -0.461 e. The van der Waals surface area contributed by atoms with Crippen molar-refractivity contribution >= 4 is 5.97 Å². The number of carbonyl (C=O) groups excluding carboxylic acids is 1. The first-order valence-electron chi connectivity index (χ1n) is 5.01. The summed E-state index contributed by atoms with van der Waals surface area (Å²) >= 11 is 0. The van der Waals surface area contributed by atoms with Crippen LogP contribution in [-0.4, -0.2) is 19.7 Å². The van der Waals surface area contributed by atoms with Gasteiger partial charge < -0.3 is 9.47 Å². The molecule has 0 N–H and O–H groups in total. The van der Waals surface area contributed by atoms with Crippen LogP contribution in [-0.2, 0) is 20.9 Å². The molecule has 15 heavy (non-hydrogen) atoms. The second-order valence-electron chi connectivity index (χ2n) is 3.24. The molecule has 0 saturated carbocycles. The normalized spacial score (nSPS) is 9.93. The topological polar surface area (TPSA) is 35.5 Å². The van der Waals surface area contributed by atoms with Gasteiger partial charge in [0, 0.05) is 20.1 Å². The van der Waals surface area contributed by atoms with Gasteiger partial charge in [0.2, 0.25) is 0 Å². The highest BCUT2D eigenvalue weighted by Gasteiger charge is 2.02. The molecule has 0 radical (unpaired) electrons. The van der Waals surface area contributed by atoms with E-state index in [-0.39, 0.29) is 5.97 Å². The van der Waals surface area contributed by atoms with Gasteiger partial charge in [-0.3, -0.25) is 4.79 Å². The fourth-order valence-electron chi connectivity index (χ4n) is 1.17. The van der Waals surface area contributed by atoms with Gasteiger partial charge in [-0.05, 0) is 12.0 Å². The van der Waals surface area contributed by atoms with Crippen molar-refractivity contribution in [2.75, 3.05) is 13.7 Å². The molecule has 0 saturated heterocycles. The minimum absolute atomic E-state index is 0.170. The Morgan fingerprint density at radius 3 is 2.67 bits per heavy atom. The molecule has 0 aliphatic heterocycles. The predicted octanol–water partition coefficient (Wildman–Crippen LogP) is 2.16. The van der Waals surface area contributed by atoms with Crippen molar-refractivity contribution in [1.82, 2.24) is 0 Å². The van der Waals surface area contributed by atoms with Gasteiger partial charge in [-0.25, -0.2) is 0 Å². The number of ether oxygens (including phenoxy) is 2. The van der Waals surface area contributed by atoms with E-state index >= 15 is 0 Å². The Morgan fingerprint density at radius 2 is 2.00 bits per heavy atom. The second-order valence-corrected chi connectivity index (χ2v) is 3.24. The van der Waals surface area contributed by atoms with E-state index in [1.165, 1.54) is 0 Å². The molecule has 0 bridgehead atoms. The van der Waals surface area contributed by atoms with Crippen LogP contribution >= 0.6 is 0 Å². The van der Waals surface area contributed by atoms with Crippen molar-refractivity contribution in [3.05, 3.63) is 35.9 Å². The summed E-state index contributed by atoms with van der Waals surface area (Å²) in [5.74, 6) is -0.170. The number of benzene rings is 1. The van der Waals surface area contributed by atoms with Crippen LogP contribution in [0, 0.1) is 0 Å². The third kappa shape index (κ3) is 5.18. The van der Waals surface area contributed by atoms with Gasteiger partial charge >= 0.3 is 5.97 Å². The zero-order valence-corrected chi connectivity index (χ0v) is 8.94. The summed E-state index contributed by atoms with van der Waals surface area (Å²) in [7, 11) is 1.62. The standard InChI is InChI=1S/C12H16O3/c1-14-9-5-8-12(13)15-10-11-6-3-2-4-7-11/h2-4,6-7H,5,8-10H2,1H3. The van der Waals surface area contributed by atoms with Crippen molar-refractivity contribution in [2.45, 2.75) is 19.4 Å². The third-order valence-corrected chi connectivity index (χ3v) is 1.97. The summed E-state index contributed by atoms with van der Waals surface area (Å²) < 4.78 is 9.93. The van der Waals surface area contributed by atoms with Crippen LogP contribution in [0.3, 0.4) is 0 Å². The molecule has 0 heterocycles. The van der Waals surface area contributed by atoms with Crippen molar-refractivity contribution in [3.8, 4) is 0 Å². The summed E-state index contributed by atoms with van der Waals surface area (Å²) in [6.45, 7) is 0.951. The summed E-state index contributed by atoms with van der Waals surface area (Å²) in [6.07, 6.45) is 1.13. The highest BCUT2D eigenvalue weighted by molar-refractivity contribution is 5.69. The fourth-order valence-corrected chi connectivity index (χ4v) is 1.17. The molecule has 1 aromatic carbocycles. The summed E-state index contributed by atoms with van der Waals surface area (Å²) in [4.78, 5) is 11.2. The summed E-state index contributed by atoms with van der Waals surface area (Å²) in [5.41, 5.74) is 1.01. The molecule has 0 aromatic heterocycles. The molecule has 0 aliphatic carbocycles. The maximum atomic E-state index is 11.2. The molecular weight excluding hydrogens is 192 g/mol. The molecule has 0 atom stereocenters. The van der Waals surface area contributed by atoms with Gasteiger partial charge in [0.25, 0.3) is 0 Å². The van der Waals surface area contributed by atoms with E-state index in [0.29, 0.717) is 26.1 Å². The lowest BCUT2D eigenvalue weighted by Gasteiger charge is -2.04. The van der Waals surface area contributed by atoms with E-state index in [4.69, 9.17) is 9.47 Å². The molecule has 0 unspecified atom stereocenters. The van der Waals surface area contributed by atoms with Crippen molar-refractivity contribution in [2.24, 2.45) is 0 Å². The smallest absolute Gasteiger partial charge is 0.306 e. The van der Waals surface area contributed by atoms with Crippen molar-refractivity contribution in [1.29, 1.82) is 0 Å². The van der Waals surface area contributed by atoms with E-state index in [2.05, 4.69) is 0 Å². The van der Waals surface area contributed by atoms with Crippen LogP contribution in [0.4, 0.5) is 0 Å². The second kappa shape index (κ2) is 7.01. The van der Waals surface area contributed by atoms with E-state index < -0.39 is 0 Å². The number of hydrogen-bond acceptors (Lipinski definition) is 3. The number of rotatable bonds is 6. The minimum atomic E-state index is -0.170. The van der Waals surface area contributed by atoms with Crippen LogP contribution in [0.1, 0.15) is 18.4 Å². The number of carbonyl (C=O) groups is 1. The van der Waals surface area contributed by atoms with Crippen molar-refractivity contribution < 1.29 is 14.3 Å². The van der Waals surface area contributed by atoms with Gasteiger partial charge in [0.1, 0.15) is 6.61 Å². The molecule has 1 rings (SSSR count). The lowest BCUT2D eigenvalue weighted by molar-refractivity contribution is -0.145. The largest absolute Gasteiger partial charge is 0.461 e. The fraction of sp³-hybridized carbons (Fsp3) is 0.417. The Labute approximate surface area is 90.0 Å². The zero-order chi connectivity index (χ0) is 10.9. The van der Waals surface area contributed by atoms with Crippen LogP contribution in [0.25, 0.3) is 0 Å². The average Bonchev–Trinajstić information content (AvgIpc) is 2.28. The van der Waals surface area contributed by atoms with Crippen LogP contribution in [0.5, 0.6) is 0 Å². The van der Waals surface area contributed by atoms with Gasteiger partial charge in [-0.15, -0.1) is 0 Å². The Bertz CT molecular complexity index is 282. The lowest BCUT2D eigenvalue weighted by atomic mass is 10.2. The van der Waals surface area contributed by atoms with E-state index in [1.54, 1.807) is 7.11 Å². The highest BCUT2D eigenvalue weighted by atomic mass is 16.5. The first-order chi connectivity index (χ1) is 7.33. The monoisotopic (exact) mass is 208 g/mol. The molecular formula is C12H16O3. The molecule has 3 heteroatoms. The molecule has 0 amide bonds. The Morgan fingerprint density at radius 1 is 1.27 bits per heavy atom. The quantitative estimate of drug-likeness (QED) is 0.531. The maximum absolute atomic E-state index is 11.2. The van der Waals surface area contributed by atoms with Gasteiger partial charge in [0.15, 0.2) is 0 Å². The van der Waals surface area contributed by atoms with Gasteiger partial charge in [-0.2, -0.15) is 0 Å². The van der Waals surface area contributed by atoms with E-state index in [9.17, 15) is 4.79 Å². The Balaban J connectivity index is 2.17.